The van der Waals surface area contributed by atoms with E-state index < -0.39 is 0 Å². The van der Waals surface area contributed by atoms with E-state index in [0.29, 0.717) is 12.1 Å². The Morgan fingerprint density at radius 2 is 1.76 bits per heavy atom. The number of aryl methyl sites for hydroxylation is 1. The van der Waals surface area contributed by atoms with Crippen LogP contribution in [-0.2, 0) is 6.42 Å². The number of aromatic nitrogens is 1. The lowest BCUT2D eigenvalue weighted by atomic mass is 10.1. The zero-order chi connectivity index (χ0) is 18.1. The molecule has 2 amide bonds. The molecule has 0 radical (unpaired) electrons. The summed E-state index contributed by atoms with van der Waals surface area (Å²) in [6.07, 6.45) is 5.55. The first kappa shape index (κ1) is 18.6. The quantitative estimate of drug-likeness (QED) is 0.718. The Morgan fingerprint density at radius 3 is 2.44 bits per heavy atom. The minimum absolute atomic E-state index is 0.252. The summed E-state index contributed by atoms with van der Waals surface area (Å²) in [6.45, 7) is 4.81. The van der Waals surface area contributed by atoms with Crippen LogP contribution in [0.15, 0.2) is 42.6 Å². The minimum atomic E-state index is -0.258. The van der Waals surface area contributed by atoms with Gasteiger partial charge in [0.15, 0.2) is 0 Å². The summed E-state index contributed by atoms with van der Waals surface area (Å²) >= 11 is 0. The summed E-state index contributed by atoms with van der Waals surface area (Å²) in [5, 5.41) is 5.67. The van der Waals surface area contributed by atoms with Gasteiger partial charge in [-0.15, -0.1) is 0 Å². The molecule has 0 unspecified atom stereocenters. The minimum Gasteiger partial charge on any atom is -0.351 e. The molecule has 0 fully saturated rings. The van der Waals surface area contributed by atoms with E-state index in [4.69, 9.17) is 0 Å². The van der Waals surface area contributed by atoms with Crippen LogP contribution in [0.5, 0.6) is 0 Å². The number of nitrogens with zero attached hydrogens (tertiary/aromatic N) is 1. The highest BCUT2D eigenvalue weighted by molar-refractivity contribution is 6.05. The summed E-state index contributed by atoms with van der Waals surface area (Å²) in [5.74, 6) is -0.510. The summed E-state index contributed by atoms with van der Waals surface area (Å²) in [7, 11) is 0. The van der Waals surface area contributed by atoms with Crippen molar-refractivity contribution in [2.75, 3.05) is 11.9 Å². The van der Waals surface area contributed by atoms with Gasteiger partial charge in [-0.05, 0) is 42.7 Å². The molecule has 0 aliphatic heterocycles. The van der Waals surface area contributed by atoms with E-state index in [1.54, 1.807) is 6.07 Å². The fraction of sp³-hybridized carbons (Fsp3) is 0.350. The Labute approximate surface area is 148 Å². The number of pyridine rings is 1. The number of rotatable bonds is 8. The molecule has 25 heavy (non-hydrogen) atoms. The van der Waals surface area contributed by atoms with Crippen LogP contribution in [0.1, 0.15) is 59.5 Å². The van der Waals surface area contributed by atoms with Crippen LogP contribution < -0.4 is 10.6 Å². The number of carbonyl (C=O) groups is 2. The van der Waals surface area contributed by atoms with Gasteiger partial charge < -0.3 is 10.6 Å². The fourth-order valence-corrected chi connectivity index (χ4v) is 2.39. The number of hydrogen-bond acceptors (Lipinski definition) is 3. The largest absolute Gasteiger partial charge is 0.351 e. The van der Waals surface area contributed by atoms with Gasteiger partial charge in [0.1, 0.15) is 5.69 Å². The zero-order valence-electron chi connectivity index (χ0n) is 14.8. The van der Waals surface area contributed by atoms with E-state index in [1.807, 2.05) is 24.3 Å². The predicted octanol–water partition coefficient (Wildman–Crippen LogP) is 3.82. The lowest BCUT2D eigenvalue weighted by Crippen LogP contribution is -2.25. The molecule has 0 aliphatic rings. The molecule has 132 valence electrons. The molecule has 0 spiro atoms. The Hall–Kier alpha value is -2.69. The first-order chi connectivity index (χ1) is 12.1. The average Bonchev–Trinajstić information content (AvgIpc) is 2.65. The molecule has 1 aromatic carbocycles. The molecule has 5 nitrogen and oxygen atoms in total. The monoisotopic (exact) mass is 339 g/mol. The van der Waals surface area contributed by atoms with Crippen LogP contribution >= 0.6 is 0 Å². The third kappa shape index (κ3) is 5.71. The molecule has 5 heteroatoms. The van der Waals surface area contributed by atoms with Gasteiger partial charge in [0, 0.05) is 24.0 Å². The second-order valence-corrected chi connectivity index (χ2v) is 5.90. The van der Waals surface area contributed by atoms with Crippen molar-refractivity contribution in [2.45, 2.75) is 39.5 Å². The van der Waals surface area contributed by atoms with Gasteiger partial charge in [0.2, 0.25) is 0 Å². The van der Waals surface area contributed by atoms with Crippen LogP contribution in [0.2, 0.25) is 0 Å². The molecule has 0 atom stereocenters. The van der Waals surface area contributed by atoms with Crippen LogP contribution in [0.3, 0.4) is 0 Å². The van der Waals surface area contributed by atoms with Gasteiger partial charge in [0.05, 0.1) is 0 Å². The Bertz CT molecular complexity index is 711. The SMILES string of the molecule is CCCCCNC(=O)c1cc(C(=O)Nc2ccc(CC)cc2)ccn1. The molecular formula is C20H25N3O2. The zero-order valence-corrected chi connectivity index (χ0v) is 14.8. The van der Waals surface area contributed by atoms with Crippen molar-refractivity contribution >= 4 is 17.5 Å². The van der Waals surface area contributed by atoms with Crippen molar-refractivity contribution < 1.29 is 9.59 Å². The second kappa shape index (κ2) is 9.57. The molecule has 1 aromatic heterocycles. The Kier molecular flexibility index (Phi) is 7.14. The van der Waals surface area contributed by atoms with Crippen molar-refractivity contribution in [1.29, 1.82) is 0 Å². The van der Waals surface area contributed by atoms with E-state index in [1.165, 1.54) is 17.8 Å². The molecule has 2 aromatic rings. The van der Waals surface area contributed by atoms with Crippen molar-refractivity contribution in [3.8, 4) is 0 Å². The number of carbonyl (C=O) groups excluding carboxylic acids is 2. The van der Waals surface area contributed by atoms with Crippen molar-refractivity contribution in [2.24, 2.45) is 0 Å². The van der Waals surface area contributed by atoms with Crippen LogP contribution in [0, 0.1) is 0 Å². The number of amides is 2. The molecule has 0 saturated heterocycles. The molecule has 2 rings (SSSR count). The first-order valence-electron chi connectivity index (χ1n) is 8.78. The van der Waals surface area contributed by atoms with E-state index in [2.05, 4.69) is 29.5 Å². The summed E-state index contributed by atoms with van der Waals surface area (Å²) < 4.78 is 0. The highest BCUT2D eigenvalue weighted by atomic mass is 16.2. The highest BCUT2D eigenvalue weighted by Gasteiger charge is 2.11. The van der Waals surface area contributed by atoms with Gasteiger partial charge in [-0.2, -0.15) is 0 Å². The molecular weight excluding hydrogens is 314 g/mol. The average molecular weight is 339 g/mol. The van der Waals surface area contributed by atoms with Crippen LogP contribution in [-0.4, -0.2) is 23.3 Å². The van der Waals surface area contributed by atoms with E-state index in [0.717, 1.165) is 31.4 Å². The fourth-order valence-electron chi connectivity index (χ4n) is 2.39. The number of benzene rings is 1. The first-order valence-corrected chi connectivity index (χ1v) is 8.78. The summed E-state index contributed by atoms with van der Waals surface area (Å²) in [5.41, 5.74) is 2.60. The smallest absolute Gasteiger partial charge is 0.269 e. The Balaban J connectivity index is 1.99. The third-order valence-corrected chi connectivity index (χ3v) is 3.94. The molecule has 0 saturated carbocycles. The van der Waals surface area contributed by atoms with Gasteiger partial charge in [-0.25, -0.2) is 0 Å². The topological polar surface area (TPSA) is 71.1 Å². The molecule has 1 heterocycles. The van der Waals surface area contributed by atoms with Gasteiger partial charge >= 0.3 is 0 Å². The third-order valence-electron chi connectivity index (χ3n) is 3.94. The molecule has 0 bridgehead atoms. The number of nitrogens with one attached hydrogen (secondary N) is 2. The number of hydrogen-bond donors (Lipinski definition) is 2. The number of unbranched alkanes of at least 4 members (excludes halogenated alkanes) is 2. The van der Waals surface area contributed by atoms with Crippen LogP contribution in [0.4, 0.5) is 5.69 Å². The standard InChI is InChI=1S/C20H25N3O2/c1-3-5-6-12-22-20(25)18-14-16(11-13-21-18)19(24)23-17-9-7-15(4-2)8-10-17/h7-11,13-14H,3-6,12H2,1-2H3,(H,22,25)(H,23,24). The molecule has 2 N–H and O–H groups in total. The maximum Gasteiger partial charge on any atom is 0.269 e. The highest BCUT2D eigenvalue weighted by Crippen LogP contribution is 2.12. The second-order valence-electron chi connectivity index (χ2n) is 5.90. The maximum absolute atomic E-state index is 12.4. The maximum atomic E-state index is 12.4. The van der Waals surface area contributed by atoms with E-state index in [-0.39, 0.29) is 17.5 Å². The van der Waals surface area contributed by atoms with Crippen molar-refractivity contribution in [3.63, 3.8) is 0 Å². The normalized spacial score (nSPS) is 10.3. The van der Waals surface area contributed by atoms with Crippen LogP contribution in [0.25, 0.3) is 0 Å². The van der Waals surface area contributed by atoms with Gasteiger partial charge in [0.25, 0.3) is 11.8 Å². The molecule has 0 aliphatic carbocycles. The van der Waals surface area contributed by atoms with Crippen molar-refractivity contribution in [1.82, 2.24) is 10.3 Å². The summed E-state index contributed by atoms with van der Waals surface area (Å²) in [6, 6.07) is 10.8. The lowest BCUT2D eigenvalue weighted by Gasteiger charge is -2.08. The Morgan fingerprint density at radius 1 is 1.00 bits per heavy atom. The van der Waals surface area contributed by atoms with E-state index >= 15 is 0 Å². The van der Waals surface area contributed by atoms with Crippen molar-refractivity contribution in [3.05, 3.63) is 59.4 Å². The lowest BCUT2D eigenvalue weighted by molar-refractivity contribution is 0.0948. The summed E-state index contributed by atoms with van der Waals surface area (Å²) in [4.78, 5) is 28.5. The predicted molar refractivity (Wildman–Crippen MR) is 99.9 cm³/mol. The van der Waals surface area contributed by atoms with Gasteiger partial charge in [-0.1, -0.05) is 38.8 Å². The van der Waals surface area contributed by atoms with Gasteiger partial charge in [-0.3, -0.25) is 14.6 Å². The number of anilines is 1. The van der Waals surface area contributed by atoms with E-state index in [9.17, 15) is 9.59 Å².